The topological polar surface area (TPSA) is 43.0 Å². The highest BCUT2D eigenvalue weighted by Crippen LogP contribution is 2.20. The largest absolute Gasteiger partial charge is 0.472 e. The van der Waals surface area contributed by atoms with E-state index in [-0.39, 0.29) is 6.04 Å². The first-order chi connectivity index (χ1) is 9.78. The van der Waals surface area contributed by atoms with Crippen LogP contribution in [0.25, 0.3) is 0 Å². The number of aromatic nitrogens is 2. The van der Waals surface area contributed by atoms with Gasteiger partial charge in [-0.25, -0.2) is 0 Å². The van der Waals surface area contributed by atoms with Crippen molar-refractivity contribution in [1.82, 2.24) is 15.1 Å². The lowest BCUT2D eigenvalue weighted by atomic mass is 10.1. The summed E-state index contributed by atoms with van der Waals surface area (Å²) in [5.74, 6) is 0. The van der Waals surface area contributed by atoms with E-state index in [1.54, 1.807) is 6.26 Å². The van der Waals surface area contributed by atoms with E-state index in [0.717, 1.165) is 31.5 Å². The molecule has 4 heteroatoms. The molecule has 2 aromatic rings. The van der Waals surface area contributed by atoms with Crippen LogP contribution in [-0.2, 0) is 6.42 Å². The summed E-state index contributed by atoms with van der Waals surface area (Å²) in [4.78, 5) is 0. The Morgan fingerprint density at radius 1 is 1.25 bits per heavy atom. The van der Waals surface area contributed by atoms with Gasteiger partial charge in [-0.1, -0.05) is 20.8 Å². The molecule has 0 aliphatic heterocycles. The highest BCUT2D eigenvalue weighted by Gasteiger charge is 2.15. The molecule has 0 aliphatic rings. The number of hydrogen-bond donors (Lipinski definition) is 1. The summed E-state index contributed by atoms with van der Waals surface area (Å²) in [5.41, 5.74) is 2.31. The van der Waals surface area contributed by atoms with Crippen LogP contribution in [0.1, 0.15) is 57.0 Å². The van der Waals surface area contributed by atoms with E-state index in [1.165, 1.54) is 5.56 Å². The molecule has 0 aromatic carbocycles. The van der Waals surface area contributed by atoms with Crippen molar-refractivity contribution in [2.75, 3.05) is 6.54 Å². The van der Waals surface area contributed by atoms with Gasteiger partial charge >= 0.3 is 0 Å². The minimum absolute atomic E-state index is 0.267. The van der Waals surface area contributed by atoms with Gasteiger partial charge in [-0.2, -0.15) is 5.10 Å². The average molecular weight is 275 g/mol. The van der Waals surface area contributed by atoms with E-state index >= 15 is 0 Å². The quantitative estimate of drug-likeness (QED) is 0.798. The van der Waals surface area contributed by atoms with E-state index in [2.05, 4.69) is 43.0 Å². The van der Waals surface area contributed by atoms with E-state index in [9.17, 15) is 0 Å². The molecule has 1 unspecified atom stereocenters. The Hall–Kier alpha value is -1.55. The molecule has 2 rings (SSSR count). The zero-order valence-electron chi connectivity index (χ0n) is 12.7. The monoisotopic (exact) mass is 275 g/mol. The molecule has 0 amide bonds. The second kappa shape index (κ2) is 7.29. The molecule has 0 fully saturated rings. The van der Waals surface area contributed by atoms with Gasteiger partial charge in [-0.05, 0) is 31.5 Å². The maximum absolute atomic E-state index is 5.19. The molecule has 4 nitrogen and oxygen atoms in total. The zero-order valence-corrected chi connectivity index (χ0v) is 12.7. The number of furan rings is 1. The van der Waals surface area contributed by atoms with Crippen molar-refractivity contribution in [2.45, 2.75) is 52.1 Å². The lowest BCUT2D eigenvalue weighted by Gasteiger charge is -2.15. The van der Waals surface area contributed by atoms with Crippen LogP contribution in [0.15, 0.2) is 35.3 Å². The molecule has 0 aliphatic carbocycles. The zero-order chi connectivity index (χ0) is 14.4. The fraction of sp³-hybridized carbons (Fsp3) is 0.562. The lowest BCUT2D eigenvalue weighted by Crippen LogP contribution is -2.22. The van der Waals surface area contributed by atoms with Gasteiger partial charge in [-0.3, -0.25) is 4.68 Å². The van der Waals surface area contributed by atoms with Crippen molar-refractivity contribution in [3.8, 4) is 0 Å². The molecule has 1 atom stereocenters. The van der Waals surface area contributed by atoms with Gasteiger partial charge in [0.15, 0.2) is 0 Å². The van der Waals surface area contributed by atoms with Gasteiger partial charge < -0.3 is 9.73 Å². The molecule has 0 bridgehead atoms. The van der Waals surface area contributed by atoms with E-state index in [1.807, 2.05) is 12.3 Å². The van der Waals surface area contributed by atoms with Crippen molar-refractivity contribution >= 4 is 0 Å². The van der Waals surface area contributed by atoms with Gasteiger partial charge in [0.1, 0.15) is 0 Å². The first-order valence-electron chi connectivity index (χ1n) is 7.57. The van der Waals surface area contributed by atoms with E-state index in [4.69, 9.17) is 9.52 Å². The van der Waals surface area contributed by atoms with Crippen LogP contribution in [0.5, 0.6) is 0 Å². The molecule has 2 aromatic heterocycles. The molecule has 110 valence electrons. The summed E-state index contributed by atoms with van der Waals surface area (Å²) in [6.45, 7) is 7.48. The number of rotatable bonds is 8. The maximum atomic E-state index is 5.19. The summed E-state index contributed by atoms with van der Waals surface area (Å²) in [7, 11) is 0. The Labute approximate surface area is 121 Å². The third kappa shape index (κ3) is 3.51. The SMILES string of the molecule is CCNC(Cc1ccn(C(CC)CC)n1)c1ccoc1. The summed E-state index contributed by atoms with van der Waals surface area (Å²) < 4.78 is 7.30. The first kappa shape index (κ1) is 14.9. The Balaban J connectivity index is 2.07. The normalized spacial score (nSPS) is 13.0. The van der Waals surface area contributed by atoms with Crippen LogP contribution in [0.2, 0.25) is 0 Å². The fourth-order valence-electron chi connectivity index (χ4n) is 2.59. The van der Waals surface area contributed by atoms with Crippen LogP contribution >= 0.6 is 0 Å². The minimum Gasteiger partial charge on any atom is -0.472 e. The number of nitrogens with one attached hydrogen (secondary N) is 1. The molecule has 2 heterocycles. The Bertz CT molecular complexity index is 486. The Morgan fingerprint density at radius 3 is 2.65 bits per heavy atom. The standard InChI is InChI=1S/C16H25N3O/c1-4-15(5-2)19-9-7-14(18-19)11-16(17-6-3)13-8-10-20-12-13/h7-10,12,15-17H,4-6,11H2,1-3H3. The van der Waals surface area contributed by atoms with Crippen molar-refractivity contribution in [2.24, 2.45) is 0 Å². The van der Waals surface area contributed by atoms with Crippen LogP contribution in [0, 0.1) is 0 Å². The summed E-state index contributed by atoms with van der Waals surface area (Å²) in [6.07, 6.45) is 8.77. The van der Waals surface area contributed by atoms with Gasteiger partial charge in [0.25, 0.3) is 0 Å². The molecule has 0 saturated carbocycles. The number of hydrogen-bond acceptors (Lipinski definition) is 3. The smallest absolute Gasteiger partial charge is 0.0950 e. The maximum Gasteiger partial charge on any atom is 0.0950 e. The molecule has 0 saturated heterocycles. The van der Waals surface area contributed by atoms with Gasteiger partial charge in [0.05, 0.1) is 24.3 Å². The fourth-order valence-corrected chi connectivity index (χ4v) is 2.59. The van der Waals surface area contributed by atoms with Crippen molar-refractivity contribution in [3.63, 3.8) is 0 Å². The third-order valence-electron chi connectivity index (χ3n) is 3.79. The molecule has 0 radical (unpaired) electrons. The van der Waals surface area contributed by atoms with E-state index < -0.39 is 0 Å². The Kier molecular flexibility index (Phi) is 5.41. The van der Waals surface area contributed by atoms with Crippen LogP contribution < -0.4 is 5.32 Å². The van der Waals surface area contributed by atoms with Crippen molar-refractivity contribution in [1.29, 1.82) is 0 Å². The molecular weight excluding hydrogens is 250 g/mol. The van der Waals surface area contributed by atoms with Gasteiger partial charge in [0, 0.05) is 24.2 Å². The minimum atomic E-state index is 0.267. The first-order valence-corrected chi connectivity index (χ1v) is 7.57. The highest BCUT2D eigenvalue weighted by atomic mass is 16.3. The molecule has 1 N–H and O–H groups in total. The molecular formula is C16H25N3O. The lowest BCUT2D eigenvalue weighted by molar-refractivity contribution is 0.422. The number of likely N-dealkylation sites (N-methyl/N-ethyl adjacent to an activating group) is 1. The predicted molar refractivity (Wildman–Crippen MR) is 80.7 cm³/mol. The summed E-state index contributed by atoms with van der Waals surface area (Å²) in [5, 5.41) is 8.22. The summed E-state index contributed by atoms with van der Waals surface area (Å²) >= 11 is 0. The Morgan fingerprint density at radius 2 is 2.05 bits per heavy atom. The molecule has 20 heavy (non-hydrogen) atoms. The summed E-state index contributed by atoms with van der Waals surface area (Å²) in [6, 6.07) is 4.92. The second-order valence-corrected chi connectivity index (χ2v) is 5.13. The molecule has 0 spiro atoms. The van der Waals surface area contributed by atoms with Crippen molar-refractivity contribution < 1.29 is 4.42 Å². The number of nitrogens with zero attached hydrogens (tertiary/aromatic N) is 2. The highest BCUT2D eigenvalue weighted by molar-refractivity contribution is 5.15. The third-order valence-corrected chi connectivity index (χ3v) is 3.79. The predicted octanol–water partition coefficient (Wildman–Crippen LogP) is 3.73. The second-order valence-electron chi connectivity index (χ2n) is 5.13. The van der Waals surface area contributed by atoms with Gasteiger partial charge in [-0.15, -0.1) is 0 Å². The van der Waals surface area contributed by atoms with Crippen molar-refractivity contribution in [3.05, 3.63) is 42.1 Å². The van der Waals surface area contributed by atoms with Crippen LogP contribution in [-0.4, -0.2) is 16.3 Å². The van der Waals surface area contributed by atoms with Crippen LogP contribution in [0.4, 0.5) is 0 Å². The van der Waals surface area contributed by atoms with Crippen LogP contribution in [0.3, 0.4) is 0 Å². The van der Waals surface area contributed by atoms with Gasteiger partial charge in [0.2, 0.25) is 0 Å². The average Bonchev–Trinajstić information content (AvgIpc) is 3.11. The van der Waals surface area contributed by atoms with E-state index in [0.29, 0.717) is 6.04 Å².